The van der Waals surface area contributed by atoms with Gasteiger partial charge in [-0.05, 0) is 18.6 Å². The van der Waals surface area contributed by atoms with Gasteiger partial charge >= 0.3 is 0 Å². The van der Waals surface area contributed by atoms with Crippen molar-refractivity contribution in [2.45, 2.75) is 32.7 Å². The molecule has 0 amide bonds. The summed E-state index contributed by atoms with van der Waals surface area (Å²) in [4.78, 5) is 21.8. The zero-order valence-electron chi connectivity index (χ0n) is 15.4. The van der Waals surface area contributed by atoms with Crippen LogP contribution in [0.25, 0.3) is 22.3 Å². The highest BCUT2D eigenvalue weighted by molar-refractivity contribution is 6.33. The van der Waals surface area contributed by atoms with E-state index < -0.39 is 0 Å². The van der Waals surface area contributed by atoms with E-state index in [1.165, 1.54) is 0 Å². The Hall–Kier alpha value is -2.44. The molecule has 0 aliphatic rings. The van der Waals surface area contributed by atoms with Crippen molar-refractivity contribution in [2.75, 3.05) is 18.4 Å². The average Bonchev–Trinajstić information content (AvgIpc) is 2.68. The molecule has 0 unspecified atom stereocenters. The Kier molecular flexibility index (Phi) is 6.42. The smallest absolute Gasteiger partial charge is 0.252 e. The standard InChI is InChI=1S/C20H24ClN5O/c1-2-3-6-13-26-17(27)10-9-15-18(14-7-4-5-8-16(14)21)24-20(23-12-11-22)25-19(15)26/h4-5,7-10H,2-3,6,11-13,22H2,1H3,(H,23,24,25). The van der Waals surface area contributed by atoms with Gasteiger partial charge in [-0.1, -0.05) is 49.6 Å². The molecule has 3 aromatic rings. The average molecular weight is 386 g/mol. The fourth-order valence-corrected chi connectivity index (χ4v) is 3.25. The Morgan fingerprint density at radius 2 is 1.96 bits per heavy atom. The zero-order valence-corrected chi connectivity index (χ0v) is 16.2. The molecule has 0 saturated heterocycles. The maximum absolute atomic E-state index is 12.5. The summed E-state index contributed by atoms with van der Waals surface area (Å²) in [6.07, 6.45) is 3.07. The van der Waals surface area contributed by atoms with E-state index in [2.05, 4.69) is 22.2 Å². The number of halogens is 1. The molecule has 0 radical (unpaired) electrons. The Balaban J connectivity index is 2.23. The van der Waals surface area contributed by atoms with E-state index >= 15 is 0 Å². The van der Waals surface area contributed by atoms with Gasteiger partial charge in [0, 0.05) is 41.7 Å². The lowest BCUT2D eigenvalue weighted by molar-refractivity contribution is 0.599. The molecule has 3 rings (SSSR count). The number of rotatable bonds is 8. The molecule has 3 N–H and O–H groups in total. The van der Waals surface area contributed by atoms with Gasteiger partial charge in [0.05, 0.1) is 5.69 Å². The number of unbranched alkanes of at least 4 members (excludes halogenated alkanes) is 2. The van der Waals surface area contributed by atoms with Crippen molar-refractivity contribution in [3.63, 3.8) is 0 Å². The first-order chi connectivity index (χ1) is 13.2. The van der Waals surface area contributed by atoms with Gasteiger partial charge in [-0.25, -0.2) is 4.98 Å². The topological polar surface area (TPSA) is 85.8 Å². The molecule has 27 heavy (non-hydrogen) atoms. The predicted octanol–water partition coefficient (Wildman–Crippen LogP) is 3.67. The number of nitrogens with one attached hydrogen (secondary N) is 1. The number of hydrogen-bond donors (Lipinski definition) is 2. The molecule has 2 heterocycles. The molecule has 0 spiro atoms. The Bertz CT molecular complexity index is 986. The van der Waals surface area contributed by atoms with Crippen molar-refractivity contribution in [3.8, 4) is 11.3 Å². The normalized spacial score (nSPS) is 11.1. The van der Waals surface area contributed by atoms with Gasteiger partial charge in [-0.15, -0.1) is 0 Å². The summed E-state index contributed by atoms with van der Waals surface area (Å²) < 4.78 is 1.72. The van der Waals surface area contributed by atoms with Crippen LogP contribution in [-0.2, 0) is 6.54 Å². The third kappa shape index (κ3) is 4.28. The summed E-state index contributed by atoms with van der Waals surface area (Å²) in [5.41, 5.74) is 7.66. The van der Waals surface area contributed by atoms with Crippen LogP contribution in [0.15, 0.2) is 41.2 Å². The minimum atomic E-state index is -0.0628. The highest BCUT2D eigenvalue weighted by Gasteiger charge is 2.15. The second kappa shape index (κ2) is 8.97. The molecule has 0 bridgehead atoms. The van der Waals surface area contributed by atoms with Crippen LogP contribution in [0.1, 0.15) is 26.2 Å². The second-order valence-electron chi connectivity index (χ2n) is 6.36. The van der Waals surface area contributed by atoms with E-state index in [0.717, 1.165) is 30.2 Å². The number of benzene rings is 1. The van der Waals surface area contributed by atoms with E-state index in [1.807, 2.05) is 24.3 Å². The highest BCUT2D eigenvalue weighted by atomic mass is 35.5. The van der Waals surface area contributed by atoms with Crippen LogP contribution in [0, 0.1) is 0 Å². The molecule has 7 heteroatoms. The van der Waals surface area contributed by atoms with E-state index in [0.29, 0.717) is 41.9 Å². The first-order valence-corrected chi connectivity index (χ1v) is 9.64. The minimum absolute atomic E-state index is 0.0628. The molecular formula is C20H24ClN5O. The Morgan fingerprint density at radius 1 is 1.15 bits per heavy atom. The van der Waals surface area contributed by atoms with Gasteiger partial charge < -0.3 is 11.1 Å². The van der Waals surface area contributed by atoms with Crippen molar-refractivity contribution in [2.24, 2.45) is 5.73 Å². The monoisotopic (exact) mass is 385 g/mol. The summed E-state index contributed by atoms with van der Waals surface area (Å²) >= 11 is 6.42. The quantitative estimate of drug-likeness (QED) is 0.578. The number of aryl methyl sites for hydroxylation is 1. The fraction of sp³-hybridized carbons (Fsp3) is 0.350. The lowest BCUT2D eigenvalue weighted by Gasteiger charge is -2.14. The Morgan fingerprint density at radius 3 is 2.70 bits per heavy atom. The second-order valence-corrected chi connectivity index (χ2v) is 6.77. The third-order valence-electron chi connectivity index (χ3n) is 4.38. The number of nitrogens with zero attached hydrogens (tertiary/aromatic N) is 3. The third-order valence-corrected chi connectivity index (χ3v) is 4.71. The largest absolute Gasteiger partial charge is 0.353 e. The maximum Gasteiger partial charge on any atom is 0.252 e. The fourth-order valence-electron chi connectivity index (χ4n) is 3.02. The SMILES string of the molecule is CCCCCn1c(=O)ccc2c(-c3ccccc3Cl)nc(NCCN)nc21. The van der Waals surface area contributed by atoms with Crippen molar-refractivity contribution in [1.29, 1.82) is 0 Å². The first-order valence-electron chi connectivity index (χ1n) is 9.26. The number of hydrogen-bond acceptors (Lipinski definition) is 5. The molecule has 0 saturated carbocycles. The van der Waals surface area contributed by atoms with Crippen LogP contribution in [-0.4, -0.2) is 27.6 Å². The zero-order chi connectivity index (χ0) is 19.2. The van der Waals surface area contributed by atoms with Crippen LogP contribution >= 0.6 is 11.6 Å². The molecule has 142 valence electrons. The van der Waals surface area contributed by atoms with Crippen molar-refractivity contribution in [3.05, 3.63) is 51.8 Å². The summed E-state index contributed by atoms with van der Waals surface area (Å²) in [6.45, 7) is 3.76. The van der Waals surface area contributed by atoms with E-state index in [1.54, 1.807) is 16.7 Å². The molecule has 0 aliphatic heterocycles. The number of anilines is 1. The molecular weight excluding hydrogens is 362 g/mol. The lowest BCUT2D eigenvalue weighted by Crippen LogP contribution is -2.22. The molecule has 2 aromatic heterocycles. The number of fused-ring (bicyclic) bond motifs is 1. The van der Waals surface area contributed by atoms with Gasteiger partial charge in [0.15, 0.2) is 0 Å². The van der Waals surface area contributed by atoms with Crippen molar-refractivity contribution in [1.82, 2.24) is 14.5 Å². The van der Waals surface area contributed by atoms with Crippen LogP contribution in [0.3, 0.4) is 0 Å². The summed E-state index contributed by atoms with van der Waals surface area (Å²) in [5.74, 6) is 0.442. The molecule has 0 atom stereocenters. The number of nitrogens with two attached hydrogens (primary N) is 1. The minimum Gasteiger partial charge on any atom is -0.353 e. The van der Waals surface area contributed by atoms with E-state index in [9.17, 15) is 4.79 Å². The van der Waals surface area contributed by atoms with E-state index in [4.69, 9.17) is 17.3 Å². The van der Waals surface area contributed by atoms with Crippen molar-refractivity contribution < 1.29 is 0 Å². The van der Waals surface area contributed by atoms with E-state index in [-0.39, 0.29) is 5.56 Å². The van der Waals surface area contributed by atoms with Gasteiger partial charge in [-0.3, -0.25) is 9.36 Å². The molecule has 1 aromatic carbocycles. The number of pyridine rings is 1. The molecule has 0 aliphatic carbocycles. The lowest BCUT2D eigenvalue weighted by atomic mass is 10.1. The van der Waals surface area contributed by atoms with Crippen LogP contribution in [0.4, 0.5) is 5.95 Å². The van der Waals surface area contributed by atoms with Gasteiger partial charge in [0.2, 0.25) is 5.95 Å². The molecule has 0 fully saturated rings. The summed E-state index contributed by atoms with van der Waals surface area (Å²) in [7, 11) is 0. The van der Waals surface area contributed by atoms with Gasteiger partial charge in [0.1, 0.15) is 5.65 Å². The van der Waals surface area contributed by atoms with Crippen LogP contribution in [0.2, 0.25) is 5.02 Å². The Labute approximate surface area is 163 Å². The molecule has 6 nitrogen and oxygen atoms in total. The predicted molar refractivity (Wildman–Crippen MR) is 111 cm³/mol. The van der Waals surface area contributed by atoms with Crippen LogP contribution in [0.5, 0.6) is 0 Å². The van der Waals surface area contributed by atoms with Gasteiger partial charge in [0.25, 0.3) is 5.56 Å². The first kappa shape index (κ1) is 19.3. The maximum atomic E-state index is 12.5. The summed E-state index contributed by atoms with van der Waals surface area (Å²) in [6, 6.07) is 10.9. The summed E-state index contributed by atoms with van der Waals surface area (Å²) in [5, 5.41) is 4.53. The highest BCUT2D eigenvalue weighted by Crippen LogP contribution is 2.31. The van der Waals surface area contributed by atoms with Gasteiger partial charge in [-0.2, -0.15) is 4.98 Å². The van der Waals surface area contributed by atoms with Crippen molar-refractivity contribution >= 4 is 28.6 Å². The number of aromatic nitrogens is 3. The van der Waals surface area contributed by atoms with Crippen LogP contribution < -0.4 is 16.6 Å².